The van der Waals surface area contributed by atoms with Crippen LogP contribution in [0.1, 0.15) is 84.8 Å². The van der Waals surface area contributed by atoms with Gasteiger partial charge in [0, 0.05) is 11.4 Å². The van der Waals surface area contributed by atoms with E-state index in [0.29, 0.717) is 10.8 Å². The van der Waals surface area contributed by atoms with Crippen LogP contribution in [0, 0.1) is 19.8 Å². The Morgan fingerprint density at radius 3 is 2.16 bits per heavy atom. The second-order valence-corrected chi connectivity index (χ2v) is 12.2. The number of carbonyl (C=O) groups is 2. The molecule has 1 heterocycles. The molecule has 3 rings (SSSR count). The number of benzene rings is 2. The summed E-state index contributed by atoms with van der Waals surface area (Å²) in [6, 6.07) is 16.7. The minimum Gasteiger partial charge on any atom is -0.485 e. The van der Waals surface area contributed by atoms with E-state index >= 15 is 0 Å². The van der Waals surface area contributed by atoms with Crippen molar-refractivity contribution in [2.24, 2.45) is 5.92 Å². The highest BCUT2D eigenvalue weighted by molar-refractivity contribution is 7.14. The van der Waals surface area contributed by atoms with E-state index in [1.54, 1.807) is 6.07 Å². The first kappa shape index (κ1) is 28.5. The zero-order valence-electron chi connectivity index (χ0n) is 23.0. The molecule has 0 fully saturated rings. The van der Waals surface area contributed by atoms with Crippen molar-refractivity contribution in [1.29, 1.82) is 0 Å². The van der Waals surface area contributed by atoms with Gasteiger partial charge in [0.1, 0.15) is 11.9 Å². The molecule has 0 aliphatic heterocycles. The molecule has 2 aromatic carbocycles. The molecule has 1 amide bonds. The largest absolute Gasteiger partial charge is 0.485 e. The van der Waals surface area contributed by atoms with Crippen LogP contribution in [0.4, 0.5) is 0 Å². The molecule has 6 heteroatoms. The summed E-state index contributed by atoms with van der Waals surface area (Å²) in [5.74, 6) is 0.0322. The van der Waals surface area contributed by atoms with E-state index < -0.39 is 5.97 Å². The lowest BCUT2D eigenvalue weighted by molar-refractivity contribution is -0.136. The number of carbonyl (C=O) groups excluding carboxylic acids is 1. The Morgan fingerprint density at radius 1 is 1.00 bits per heavy atom. The predicted molar refractivity (Wildman–Crippen MR) is 152 cm³/mol. The van der Waals surface area contributed by atoms with E-state index in [2.05, 4.69) is 90.2 Å². The van der Waals surface area contributed by atoms with Crippen molar-refractivity contribution < 1.29 is 19.4 Å². The highest BCUT2D eigenvalue weighted by atomic mass is 32.1. The molecule has 3 aromatic rings. The minimum absolute atomic E-state index is 0.0987. The van der Waals surface area contributed by atoms with Crippen LogP contribution in [0.25, 0.3) is 11.1 Å². The van der Waals surface area contributed by atoms with Crippen molar-refractivity contribution in [3.63, 3.8) is 0 Å². The molecule has 198 valence electrons. The van der Waals surface area contributed by atoms with Crippen LogP contribution in [0.5, 0.6) is 5.75 Å². The molecule has 0 saturated heterocycles. The Bertz CT molecular complexity index is 1210. The van der Waals surface area contributed by atoms with Gasteiger partial charge in [0.15, 0.2) is 0 Å². The molecule has 0 spiro atoms. The van der Waals surface area contributed by atoms with Crippen molar-refractivity contribution in [2.45, 2.75) is 72.8 Å². The number of aryl methyl sites for hydroxylation is 2. The van der Waals surface area contributed by atoms with Gasteiger partial charge in [0.05, 0.1) is 11.3 Å². The molecule has 0 saturated carbocycles. The van der Waals surface area contributed by atoms with E-state index in [4.69, 9.17) is 9.84 Å². The van der Waals surface area contributed by atoms with Crippen LogP contribution < -0.4 is 10.1 Å². The van der Waals surface area contributed by atoms with Crippen molar-refractivity contribution in [3.05, 3.63) is 75.0 Å². The van der Waals surface area contributed by atoms with E-state index in [-0.39, 0.29) is 30.4 Å². The van der Waals surface area contributed by atoms with Gasteiger partial charge >= 0.3 is 5.97 Å². The molecule has 0 radical (unpaired) electrons. The van der Waals surface area contributed by atoms with Gasteiger partial charge in [0.25, 0.3) is 5.91 Å². The molecule has 5 nitrogen and oxygen atoms in total. The molecular weight excluding hydrogens is 482 g/mol. The Kier molecular flexibility index (Phi) is 9.19. The van der Waals surface area contributed by atoms with Gasteiger partial charge in [-0.05, 0) is 83.7 Å². The minimum atomic E-state index is -0.934. The lowest BCUT2D eigenvalue weighted by Gasteiger charge is -2.22. The number of carboxylic acids is 1. The Morgan fingerprint density at radius 2 is 1.62 bits per heavy atom. The highest BCUT2D eigenvalue weighted by Gasteiger charge is 2.21. The third kappa shape index (κ3) is 7.68. The standard InChI is InChI=1S/C31H39NO4S/c1-19(2)16-25(26-12-13-27(37-26)30(35)32-15-14-28(33)34)36-24-17-20(3)29(21(4)18-24)22-8-10-23(11-9-22)31(5,6)7/h8-13,17-19,25H,14-16H2,1-7H3,(H,32,35)(H,33,34)/t25-/m1/s1. The molecule has 0 aliphatic rings. The lowest BCUT2D eigenvalue weighted by atomic mass is 9.85. The number of ether oxygens (including phenoxy) is 1. The monoisotopic (exact) mass is 521 g/mol. The third-order valence-corrected chi connectivity index (χ3v) is 7.48. The molecule has 2 N–H and O–H groups in total. The quantitative estimate of drug-likeness (QED) is 0.287. The Hall–Kier alpha value is -3.12. The average molecular weight is 522 g/mol. The molecule has 0 unspecified atom stereocenters. The SMILES string of the molecule is Cc1cc(O[C@H](CC(C)C)c2ccc(C(=O)NCCC(=O)O)s2)cc(C)c1-c1ccc(C(C)(C)C)cc1. The van der Waals surface area contributed by atoms with Crippen molar-refractivity contribution in [3.8, 4) is 16.9 Å². The maximum atomic E-state index is 12.4. The van der Waals surface area contributed by atoms with E-state index in [1.807, 2.05) is 6.07 Å². The van der Waals surface area contributed by atoms with Gasteiger partial charge in [-0.15, -0.1) is 11.3 Å². The summed E-state index contributed by atoms with van der Waals surface area (Å²) in [5.41, 5.74) is 6.17. The van der Waals surface area contributed by atoms with Crippen LogP contribution in [-0.2, 0) is 10.2 Å². The number of hydrogen-bond donors (Lipinski definition) is 2. The number of rotatable bonds is 10. The van der Waals surface area contributed by atoms with E-state index in [0.717, 1.165) is 28.2 Å². The zero-order valence-corrected chi connectivity index (χ0v) is 23.8. The average Bonchev–Trinajstić information content (AvgIpc) is 3.28. The van der Waals surface area contributed by atoms with Crippen LogP contribution in [0.3, 0.4) is 0 Å². The molecule has 1 aromatic heterocycles. The first-order valence-corrected chi connectivity index (χ1v) is 13.7. The van der Waals surface area contributed by atoms with Crippen molar-refractivity contribution in [1.82, 2.24) is 5.32 Å². The smallest absolute Gasteiger partial charge is 0.305 e. The van der Waals surface area contributed by atoms with Gasteiger partial charge in [0.2, 0.25) is 0 Å². The summed E-state index contributed by atoms with van der Waals surface area (Å²) >= 11 is 1.40. The van der Waals surface area contributed by atoms with Gasteiger partial charge in [-0.25, -0.2) is 0 Å². The maximum Gasteiger partial charge on any atom is 0.305 e. The second-order valence-electron chi connectivity index (χ2n) is 11.1. The molecule has 37 heavy (non-hydrogen) atoms. The van der Waals surface area contributed by atoms with Gasteiger partial charge < -0.3 is 15.2 Å². The lowest BCUT2D eigenvalue weighted by Crippen LogP contribution is -2.25. The number of amides is 1. The van der Waals surface area contributed by atoms with Gasteiger partial charge in [-0.3, -0.25) is 9.59 Å². The second kappa shape index (κ2) is 12.0. The Labute approximate surface area is 224 Å². The first-order valence-electron chi connectivity index (χ1n) is 12.8. The molecule has 1 atom stereocenters. The zero-order chi connectivity index (χ0) is 27.3. The fraction of sp³-hybridized carbons (Fsp3) is 0.419. The normalized spacial score (nSPS) is 12.4. The number of aliphatic carboxylic acids is 1. The maximum absolute atomic E-state index is 12.4. The van der Waals surface area contributed by atoms with Crippen molar-refractivity contribution >= 4 is 23.2 Å². The fourth-order valence-electron chi connectivity index (χ4n) is 4.42. The van der Waals surface area contributed by atoms with Crippen LogP contribution in [-0.4, -0.2) is 23.5 Å². The van der Waals surface area contributed by atoms with Gasteiger partial charge in [-0.1, -0.05) is 58.9 Å². The third-order valence-electron chi connectivity index (χ3n) is 6.30. The first-order chi connectivity index (χ1) is 17.3. The topological polar surface area (TPSA) is 75.6 Å². The number of thiophene rings is 1. The number of carboxylic acid groups (broad SMARTS) is 1. The van der Waals surface area contributed by atoms with Crippen LogP contribution in [0.2, 0.25) is 0 Å². The number of hydrogen-bond acceptors (Lipinski definition) is 4. The summed E-state index contributed by atoms with van der Waals surface area (Å²) in [7, 11) is 0. The van der Waals surface area contributed by atoms with Crippen LogP contribution in [0.15, 0.2) is 48.5 Å². The summed E-state index contributed by atoms with van der Waals surface area (Å²) in [5, 5.41) is 11.5. The summed E-state index contributed by atoms with van der Waals surface area (Å²) in [6.45, 7) is 15.3. The summed E-state index contributed by atoms with van der Waals surface area (Å²) < 4.78 is 6.53. The van der Waals surface area contributed by atoms with Crippen molar-refractivity contribution in [2.75, 3.05) is 6.54 Å². The van der Waals surface area contributed by atoms with E-state index in [1.165, 1.54) is 28.0 Å². The molecule has 0 aliphatic carbocycles. The summed E-state index contributed by atoms with van der Waals surface area (Å²) in [6.07, 6.45) is 0.536. The van der Waals surface area contributed by atoms with E-state index in [9.17, 15) is 9.59 Å². The summed E-state index contributed by atoms with van der Waals surface area (Å²) in [4.78, 5) is 24.7. The number of nitrogens with one attached hydrogen (secondary N) is 1. The highest BCUT2D eigenvalue weighted by Crippen LogP contribution is 2.37. The molecule has 0 bridgehead atoms. The molecular formula is C31H39NO4S. The fourth-order valence-corrected chi connectivity index (χ4v) is 5.38. The van der Waals surface area contributed by atoms with Crippen LogP contribution >= 0.6 is 11.3 Å². The Balaban J connectivity index is 1.81. The van der Waals surface area contributed by atoms with Gasteiger partial charge in [-0.2, -0.15) is 0 Å². The predicted octanol–water partition coefficient (Wildman–Crippen LogP) is 7.70.